The van der Waals surface area contributed by atoms with Crippen LogP contribution in [0.3, 0.4) is 0 Å². The van der Waals surface area contributed by atoms with Crippen molar-refractivity contribution < 1.29 is 42.1 Å². The van der Waals surface area contributed by atoms with Crippen molar-refractivity contribution >= 4 is 29.2 Å². The van der Waals surface area contributed by atoms with Gasteiger partial charge in [0.15, 0.2) is 0 Å². The maximum atomic E-state index is 14.3. The van der Waals surface area contributed by atoms with Gasteiger partial charge in [0.25, 0.3) is 11.8 Å². The number of aliphatic hydroxyl groups is 1. The number of amides is 4. The molecular formula is C36H44F3N5O6. The van der Waals surface area contributed by atoms with E-state index >= 15 is 0 Å². The molecule has 0 saturated heterocycles. The van der Waals surface area contributed by atoms with Gasteiger partial charge in [-0.2, -0.15) is 13.2 Å². The number of pyridine rings is 1. The lowest BCUT2D eigenvalue weighted by molar-refractivity contribution is -0.137. The third-order valence-electron chi connectivity index (χ3n) is 8.52. The number of aromatic nitrogens is 1. The Morgan fingerprint density at radius 2 is 1.72 bits per heavy atom. The van der Waals surface area contributed by atoms with Gasteiger partial charge < -0.3 is 35.0 Å². The van der Waals surface area contributed by atoms with Crippen LogP contribution in [0.25, 0.3) is 0 Å². The Balaban J connectivity index is 1.57. The van der Waals surface area contributed by atoms with Gasteiger partial charge in [0.1, 0.15) is 5.75 Å². The van der Waals surface area contributed by atoms with Crippen LogP contribution >= 0.6 is 0 Å². The minimum Gasteiger partial charge on any atom is -0.490 e. The number of ether oxygens (including phenoxy) is 2. The summed E-state index contributed by atoms with van der Waals surface area (Å²) in [6, 6.07) is 11.0. The van der Waals surface area contributed by atoms with E-state index in [0.717, 1.165) is 18.6 Å². The largest absolute Gasteiger partial charge is 0.490 e. The molecule has 0 aliphatic carbocycles. The Labute approximate surface area is 289 Å². The summed E-state index contributed by atoms with van der Waals surface area (Å²) in [5.41, 5.74) is 0.359. The molecule has 3 N–H and O–H groups in total. The van der Waals surface area contributed by atoms with Gasteiger partial charge in [-0.1, -0.05) is 6.92 Å². The molecule has 11 nitrogen and oxygen atoms in total. The molecule has 50 heavy (non-hydrogen) atoms. The summed E-state index contributed by atoms with van der Waals surface area (Å²) < 4.78 is 51.5. The number of anilines is 2. The van der Waals surface area contributed by atoms with Crippen LogP contribution in [0.5, 0.6) is 5.75 Å². The molecule has 0 saturated carbocycles. The van der Waals surface area contributed by atoms with Gasteiger partial charge in [-0.15, -0.1) is 0 Å². The summed E-state index contributed by atoms with van der Waals surface area (Å²) in [7, 11) is 1.55. The van der Waals surface area contributed by atoms with Crippen molar-refractivity contribution in [3.8, 4) is 5.75 Å². The lowest BCUT2D eigenvalue weighted by atomic mass is 10.0. The lowest BCUT2D eigenvalue weighted by Gasteiger charge is -2.35. The molecule has 0 fully saturated rings. The summed E-state index contributed by atoms with van der Waals surface area (Å²) in [6.07, 6.45) is -0.122. The van der Waals surface area contributed by atoms with E-state index in [9.17, 15) is 32.7 Å². The van der Waals surface area contributed by atoms with Crippen molar-refractivity contribution in [1.82, 2.24) is 14.8 Å². The molecule has 2 aromatic carbocycles. The van der Waals surface area contributed by atoms with E-state index in [1.807, 2.05) is 13.8 Å². The van der Waals surface area contributed by atoms with Crippen LogP contribution in [0.1, 0.15) is 66.3 Å². The highest BCUT2D eigenvalue weighted by Crippen LogP contribution is 2.31. The average Bonchev–Trinajstić information content (AvgIpc) is 3.09. The van der Waals surface area contributed by atoms with Crippen LogP contribution in [0.15, 0.2) is 67.0 Å². The number of benzene rings is 2. The van der Waals surface area contributed by atoms with Crippen LogP contribution in [0.2, 0.25) is 0 Å². The zero-order chi connectivity index (χ0) is 36.4. The number of urea groups is 1. The van der Waals surface area contributed by atoms with Crippen LogP contribution in [0, 0.1) is 5.92 Å². The normalized spacial score (nSPS) is 19.7. The fourth-order valence-corrected chi connectivity index (χ4v) is 5.48. The minimum atomic E-state index is -4.49. The number of carbonyl (C=O) groups is 3. The molecule has 4 amide bonds. The van der Waals surface area contributed by atoms with E-state index in [1.165, 1.54) is 34.3 Å². The van der Waals surface area contributed by atoms with Gasteiger partial charge in [-0.25, -0.2) is 4.79 Å². The third kappa shape index (κ3) is 10.4. The minimum absolute atomic E-state index is 0.116. The standard InChI is InChI=1S/C36H44F3N5O6/c1-23-20-44(24(2)22-45)34(47)30-19-29(41-33(46)26-14-16-40-17-15-26)12-13-31(30)50-25(3)7-5-6-18-49-32(23)21-43(4)35(48)42-28-10-8-27(9-11-28)36(37,38)39/h8-17,19,23-25,32,45H,5-7,18,20-22H2,1-4H3,(H,41,46)(H,42,48)/t23-,24-,25-,32-/m0/s1. The molecule has 0 spiro atoms. The zero-order valence-corrected chi connectivity index (χ0v) is 28.6. The van der Waals surface area contributed by atoms with Crippen molar-refractivity contribution in [2.45, 2.75) is 64.5 Å². The monoisotopic (exact) mass is 699 g/mol. The first-order chi connectivity index (χ1) is 23.8. The number of rotatable bonds is 7. The molecule has 3 aromatic rings. The van der Waals surface area contributed by atoms with E-state index in [2.05, 4.69) is 15.6 Å². The Hall–Kier alpha value is -4.69. The Kier molecular flexibility index (Phi) is 13.2. The van der Waals surface area contributed by atoms with Crippen LogP contribution in [-0.4, -0.2) is 89.3 Å². The molecular weight excluding hydrogens is 655 g/mol. The second-order valence-corrected chi connectivity index (χ2v) is 12.6. The number of halogens is 3. The number of carbonyl (C=O) groups excluding carboxylic acids is 3. The number of hydrogen-bond donors (Lipinski definition) is 3. The number of nitrogens with one attached hydrogen (secondary N) is 2. The smallest absolute Gasteiger partial charge is 0.416 e. The highest BCUT2D eigenvalue weighted by molar-refractivity contribution is 6.05. The predicted molar refractivity (Wildman–Crippen MR) is 182 cm³/mol. The van der Waals surface area contributed by atoms with E-state index in [1.54, 1.807) is 44.3 Å². The number of aliphatic hydroxyl groups excluding tert-OH is 1. The molecule has 0 radical (unpaired) electrons. The highest BCUT2D eigenvalue weighted by Gasteiger charge is 2.32. The molecule has 4 rings (SSSR count). The summed E-state index contributed by atoms with van der Waals surface area (Å²) in [6.45, 7) is 5.82. The molecule has 1 aliphatic rings. The van der Waals surface area contributed by atoms with E-state index in [0.29, 0.717) is 36.4 Å². The number of nitrogens with zero attached hydrogens (tertiary/aromatic N) is 3. The predicted octanol–water partition coefficient (Wildman–Crippen LogP) is 6.31. The maximum Gasteiger partial charge on any atom is 0.416 e. The summed E-state index contributed by atoms with van der Waals surface area (Å²) in [4.78, 5) is 47.1. The first-order valence-electron chi connectivity index (χ1n) is 16.5. The second kappa shape index (κ2) is 17.3. The van der Waals surface area contributed by atoms with Gasteiger partial charge in [-0.3, -0.25) is 14.6 Å². The maximum absolute atomic E-state index is 14.3. The topological polar surface area (TPSA) is 133 Å². The van der Waals surface area contributed by atoms with Gasteiger partial charge in [-0.05, 0) is 87.7 Å². The first kappa shape index (κ1) is 38.1. The SMILES string of the molecule is C[C@H]1CCCCO[C@@H](CN(C)C(=O)Nc2ccc(C(F)(F)F)cc2)[C@@H](C)CN([C@@H](C)CO)C(=O)c2cc(NC(=O)c3ccncc3)ccc2O1. The molecule has 1 aliphatic heterocycles. The summed E-state index contributed by atoms with van der Waals surface area (Å²) in [5, 5.41) is 15.6. The highest BCUT2D eigenvalue weighted by atomic mass is 19.4. The Morgan fingerprint density at radius 3 is 2.38 bits per heavy atom. The number of fused-ring (bicyclic) bond motifs is 1. The number of alkyl halides is 3. The Bertz CT molecular complexity index is 1590. The quantitative estimate of drug-likeness (QED) is 0.263. The Morgan fingerprint density at radius 1 is 1.04 bits per heavy atom. The second-order valence-electron chi connectivity index (χ2n) is 12.6. The molecule has 0 bridgehead atoms. The average molecular weight is 700 g/mol. The van der Waals surface area contributed by atoms with Crippen molar-refractivity contribution in [1.29, 1.82) is 0 Å². The van der Waals surface area contributed by atoms with Gasteiger partial charge in [0, 0.05) is 62.0 Å². The molecule has 2 heterocycles. The van der Waals surface area contributed by atoms with E-state index in [-0.39, 0.29) is 48.9 Å². The molecule has 1 aromatic heterocycles. The third-order valence-corrected chi connectivity index (χ3v) is 8.52. The van der Waals surface area contributed by atoms with Crippen LogP contribution in [-0.2, 0) is 10.9 Å². The van der Waals surface area contributed by atoms with Gasteiger partial charge in [0.05, 0.1) is 36.0 Å². The fourth-order valence-electron chi connectivity index (χ4n) is 5.48. The van der Waals surface area contributed by atoms with E-state index in [4.69, 9.17) is 9.47 Å². The molecule has 270 valence electrons. The molecule has 14 heteroatoms. The van der Waals surface area contributed by atoms with Crippen molar-refractivity contribution in [3.63, 3.8) is 0 Å². The lowest BCUT2D eigenvalue weighted by Crippen LogP contribution is -2.48. The van der Waals surface area contributed by atoms with Crippen molar-refractivity contribution in [2.75, 3.05) is 44.0 Å². The summed E-state index contributed by atoms with van der Waals surface area (Å²) >= 11 is 0. The number of hydrogen-bond acceptors (Lipinski definition) is 7. The van der Waals surface area contributed by atoms with E-state index < -0.39 is 35.8 Å². The van der Waals surface area contributed by atoms with Crippen LogP contribution < -0.4 is 15.4 Å². The number of likely N-dealkylation sites (N-methyl/N-ethyl adjacent to an activating group) is 1. The fraction of sp³-hybridized carbons (Fsp3) is 0.444. The zero-order valence-electron chi connectivity index (χ0n) is 28.6. The summed E-state index contributed by atoms with van der Waals surface area (Å²) in [5.74, 6) is -0.799. The van der Waals surface area contributed by atoms with Gasteiger partial charge >= 0.3 is 12.2 Å². The molecule has 0 unspecified atom stereocenters. The molecule has 4 atom stereocenters. The van der Waals surface area contributed by atoms with Crippen molar-refractivity contribution in [3.05, 3.63) is 83.7 Å². The van der Waals surface area contributed by atoms with Gasteiger partial charge in [0.2, 0.25) is 0 Å². The van der Waals surface area contributed by atoms with Crippen molar-refractivity contribution in [2.24, 2.45) is 5.92 Å². The first-order valence-corrected chi connectivity index (χ1v) is 16.5. The van der Waals surface area contributed by atoms with Crippen LogP contribution in [0.4, 0.5) is 29.3 Å².